The van der Waals surface area contributed by atoms with Crippen LogP contribution < -0.4 is 14.2 Å². The zero-order valence-corrected chi connectivity index (χ0v) is 21.9. The van der Waals surface area contributed by atoms with Gasteiger partial charge in [0.05, 0.1) is 27.8 Å². The molecule has 1 unspecified atom stereocenters. The first-order valence-corrected chi connectivity index (χ1v) is 12.0. The van der Waals surface area contributed by atoms with E-state index in [0.29, 0.717) is 29.7 Å². The molecular formula is C29H36N2O4. The predicted molar refractivity (Wildman–Crippen MR) is 141 cm³/mol. The van der Waals surface area contributed by atoms with Crippen LogP contribution in [0.4, 0.5) is 0 Å². The molecule has 0 bridgehead atoms. The molecule has 1 saturated heterocycles. The number of aryl methyl sites for hydroxylation is 1. The topological polar surface area (TPSA) is 51.2 Å². The molecule has 1 aliphatic carbocycles. The first-order chi connectivity index (χ1) is 16.8. The standard InChI is InChI=1S/C29H36N2O4/c1-18-8-9-22-23(13-20-14-26(33-5)29(35-7)27(15-20)34-6)19(2)24(25(22)12-18)16-28(32)31-11-10-21(17-31)30(3)4/h8-9,12-15,21H,10-11,16-17H2,1-7H3. The number of benzene rings is 2. The van der Waals surface area contributed by atoms with Gasteiger partial charge >= 0.3 is 0 Å². The predicted octanol–water partition coefficient (Wildman–Crippen LogP) is 4.90. The number of hydrogen-bond donors (Lipinski definition) is 0. The van der Waals surface area contributed by atoms with Gasteiger partial charge in [-0.05, 0) is 86.0 Å². The third-order valence-electron chi connectivity index (χ3n) is 7.22. The van der Waals surface area contributed by atoms with E-state index in [1.165, 1.54) is 5.56 Å². The minimum absolute atomic E-state index is 0.199. The van der Waals surface area contributed by atoms with Gasteiger partial charge in [-0.15, -0.1) is 0 Å². The number of nitrogens with zero attached hydrogens (tertiary/aromatic N) is 2. The Labute approximate surface area is 208 Å². The maximum atomic E-state index is 13.3. The van der Waals surface area contributed by atoms with Crippen LogP contribution in [0, 0.1) is 6.92 Å². The first kappa shape index (κ1) is 24.9. The summed E-state index contributed by atoms with van der Waals surface area (Å²) < 4.78 is 16.6. The fraction of sp³-hybridized carbons (Fsp3) is 0.414. The highest BCUT2D eigenvalue weighted by Gasteiger charge is 2.31. The summed E-state index contributed by atoms with van der Waals surface area (Å²) in [5.41, 5.74) is 7.79. The number of allylic oxidation sites excluding steroid dienone is 2. The summed E-state index contributed by atoms with van der Waals surface area (Å²) in [4.78, 5) is 17.5. The summed E-state index contributed by atoms with van der Waals surface area (Å²) >= 11 is 0. The van der Waals surface area contributed by atoms with E-state index in [0.717, 1.165) is 52.9 Å². The fourth-order valence-electron chi connectivity index (χ4n) is 5.13. The number of fused-ring (bicyclic) bond motifs is 1. The van der Waals surface area contributed by atoms with Crippen molar-refractivity contribution in [3.8, 4) is 17.2 Å². The minimum atomic E-state index is 0.199. The van der Waals surface area contributed by atoms with Gasteiger partial charge in [-0.25, -0.2) is 0 Å². The van der Waals surface area contributed by atoms with Crippen LogP contribution in [0.1, 0.15) is 42.0 Å². The third kappa shape index (κ3) is 4.80. The molecule has 186 valence electrons. The number of carbonyl (C=O) groups excluding carboxylic acids is 1. The van der Waals surface area contributed by atoms with Crippen LogP contribution in [0.5, 0.6) is 17.2 Å². The van der Waals surface area contributed by atoms with Gasteiger partial charge < -0.3 is 24.0 Å². The van der Waals surface area contributed by atoms with Gasteiger partial charge in [0.2, 0.25) is 11.7 Å². The number of rotatable bonds is 7. The molecule has 0 radical (unpaired) electrons. The van der Waals surface area contributed by atoms with Crippen molar-refractivity contribution in [2.45, 2.75) is 32.7 Å². The van der Waals surface area contributed by atoms with Gasteiger partial charge in [0.1, 0.15) is 0 Å². The molecule has 6 nitrogen and oxygen atoms in total. The molecule has 35 heavy (non-hydrogen) atoms. The Balaban J connectivity index is 1.72. The zero-order valence-electron chi connectivity index (χ0n) is 21.9. The van der Waals surface area contributed by atoms with Crippen LogP contribution in [0.3, 0.4) is 0 Å². The highest BCUT2D eigenvalue weighted by atomic mass is 16.5. The van der Waals surface area contributed by atoms with E-state index in [4.69, 9.17) is 14.2 Å². The number of carbonyl (C=O) groups is 1. The van der Waals surface area contributed by atoms with Crippen LogP contribution in [-0.4, -0.2) is 70.3 Å². The molecule has 2 aromatic rings. The van der Waals surface area contributed by atoms with Crippen LogP contribution in [-0.2, 0) is 4.79 Å². The SMILES string of the molecule is COc1cc(C=C2C(C)=C(CC(=O)N3CCC(N(C)C)C3)c3cc(C)ccc32)cc(OC)c1OC. The van der Waals surface area contributed by atoms with Crippen molar-refractivity contribution < 1.29 is 19.0 Å². The first-order valence-electron chi connectivity index (χ1n) is 12.0. The van der Waals surface area contributed by atoms with Crippen LogP contribution >= 0.6 is 0 Å². The molecule has 0 N–H and O–H groups in total. The van der Waals surface area contributed by atoms with Gasteiger partial charge in [0, 0.05) is 19.1 Å². The molecule has 2 aliphatic rings. The molecule has 0 aromatic heterocycles. The summed E-state index contributed by atoms with van der Waals surface area (Å²) in [5, 5.41) is 0. The highest BCUT2D eigenvalue weighted by Crippen LogP contribution is 2.45. The lowest BCUT2D eigenvalue weighted by atomic mass is 9.98. The van der Waals surface area contributed by atoms with Crippen molar-refractivity contribution in [3.05, 3.63) is 58.2 Å². The second-order valence-electron chi connectivity index (χ2n) is 9.59. The summed E-state index contributed by atoms with van der Waals surface area (Å²) in [7, 11) is 9.01. The second kappa shape index (κ2) is 10.2. The van der Waals surface area contributed by atoms with Gasteiger partial charge in [-0.3, -0.25) is 4.79 Å². The van der Waals surface area contributed by atoms with Crippen molar-refractivity contribution in [1.82, 2.24) is 9.80 Å². The molecule has 1 heterocycles. The number of ether oxygens (including phenoxy) is 3. The second-order valence-corrected chi connectivity index (χ2v) is 9.59. The van der Waals surface area contributed by atoms with Gasteiger partial charge in [-0.1, -0.05) is 23.8 Å². The van der Waals surface area contributed by atoms with Crippen LogP contribution in [0.2, 0.25) is 0 Å². The molecule has 1 atom stereocenters. The van der Waals surface area contributed by atoms with Gasteiger partial charge in [-0.2, -0.15) is 0 Å². The Bertz CT molecular complexity index is 1170. The maximum Gasteiger partial charge on any atom is 0.227 e. The molecule has 1 fully saturated rings. The number of methoxy groups -OCH3 is 3. The quantitative estimate of drug-likeness (QED) is 0.569. The van der Waals surface area contributed by atoms with Crippen molar-refractivity contribution in [2.24, 2.45) is 0 Å². The molecule has 6 heteroatoms. The molecule has 1 amide bonds. The van der Waals surface area contributed by atoms with E-state index in [1.807, 2.05) is 17.0 Å². The van der Waals surface area contributed by atoms with Crippen molar-refractivity contribution >= 4 is 23.1 Å². The normalized spacial score (nSPS) is 18.5. The van der Waals surface area contributed by atoms with Crippen LogP contribution in [0.15, 0.2) is 35.9 Å². The number of amides is 1. The Kier molecular flexibility index (Phi) is 7.22. The average Bonchev–Trinajstić information content (AvgIpc) is 3.43. The summed E-state index contributed by atoms with van der Waals surface area (Å²) in [5.74, 6) is 2.00. The van der Waals surface area contributed by atoms with E-state index in [-0.39, 0.29) is 5.91 Å². The zero-order chi connectivity index (χ0) is 25.3. The summed E-state index contributed by atoms with van der Waals surface area (Å²) in [6, 6.07) is 10.8. The van der Waals surface area contributed by atoms with Gasteiger partial charge in [0.25, 0.3) is 0 Å². The van der Waals surface area contributed by atoms with E-state index >= 15 is 0 Å². The van der Waals surface area contributed by atoms with Crippen molar-refractivity contribution in [1.29, 1.82) is 0 Å². The average molecular weight is 477 g/mol. The molecule has 4 rings (SSSR count). The van der Waals surface area contributed by atoms with Crippen LogP contribution in [0.25, 0.3) is 17.2 Å². The van der Waals surface area contributed by atoms with E-state index in [9.17, 15) is 4.79 Å². The Morgan fingerprint density at radius 1 is 1.03 bits per heavy atom. The summed E-state index contributed by atoms with van der Waals surface area (Å²) in [6.07, 6.45) is 3.58. The van der Waals surface area contributed by atoms with Gasteiger partial charge in [0.15, 0.2) is 11.5 Å². The lowest BCUT2D eigenvalue weighted by Gasteiger charge is -2.21. The van der Waals surface area contributed by atoms with E-state index < -0.39 is 0 Å². The highest BCUT2D eigenvalue weighted by molar-refractivity contribution is 6.08. The van der Waals surface area contributed by atoms with E-state index in [1.54, 1.807) is 21.3 Å². The number of likely N-dealkylation sites (N-methyl/N-ethyl adjacent to an activating group) is 1. The lowest BCUT2D eigenvalue weighted by Crippen LogP contribution is -2.34. The fourth-order valence-corrected chi connectivity index (χ4v) is 5.13. The van der Waals surface area contributed by atoms with E-state index in [2.05, 4.69) is 57.1 Å². The monoisotopic (exact) mass is 476 g/mol. The smallest absolute Gasteiger partial charge is 0.227 e. The lowest BCUT2D eigenvalue weighted by molar-refractivity contribution is -0.129. The Hall–Kier alpha value is -3.25. The molecule has 2 aromatic carbocycles. The molecule has 0 spiro atoms. The molecule has 1 aliphatic heterocycles. The minimum Gasteiger partial charge on any atom is -0.493 e. The van der Waals surface area contributed by atoms with Crippen molar-refractivity contribution in [3.63, 3.8) is 0 Å². The number of likely N-dealkylation sites (tertiary alicyclic amines) is 1. The van der Waals surface area contributed by atoms with Crippen molar-refractivity contribution in [2.75, 3.05) is 48.5 Å². The summed E-state index contributed by atoms with van der Waals surface area (Å²) in [6.45, 7) is 5.84. The molecule has 0 saturated carbocycles. The Morgan fingerprint density at radius 2 is 1.71 bits per heavy atom. The third-order valence-corrected chi connectivity index (χ3v) is 7.22. The molecular weight excluding hydrogens is 440 g/mol. The maximum absolute atomic E-state index is 13.3. The largest absolute Gasteiger partial charge is 0.493 e. The number of hydrogen-bond acceptors (Lipinski definition) is 5. The Morgan fingerprint density at radius 3 is 2.29 bits per heavy atom.